The van der Waals surface area contributed by atoms with E-state index in [2.05, 4.69) is 48.9 Å². The highest BCUT2D eigenvalue weighted by Crippen LogP contribution is 2.19. The number of hydrogen-bond acceptors (Lipinski definition) is 1. The van der Waals surface area contributed by atoms with E-state index in [4.69, 9.17) is 0 Å². The van der Waals surface area contributed by atoms with Crippen LogP contribution in [0.25, 0.3) is 0 Å². The lowest BCUT2D eigenvalue weighted by Crippen LogP contribution is -2.38. The Morgan fingerprint density at radius 1 is 1.33 bits per heavy atom. The van der Waals surface area contributed by atoms with E-state index >= 15 is 0 Å². The largest absolute Gasteiger partial charge is 0.312 e. The topological polar surface area (TPSA) is 12.0 Å². The van der Waals surface area contributed by atoms with Crippen molar-refractivity contribution in [3.8, 4) is 0 Å². The molecule has 0 amide bonds. The van der Waals surface area contributed by atoms with Gasteiger partial charge < -0.3 is 5.32 Å². The van der Waals surface area contributed by atoms with Crippen molar-refractivity contribution in [1.29, 1.82) is 0 Å². The molecule has 1 nitrogen and oxygen atoms in total. The van der Waals surface area contributed by atoms with Gasteiger partial charge in [0, 0.05) is 5.54 Å². The van der Waals surface area contributed by atoms with Gasteiger partial charge in [0.05, 0.1) is 4.47 Å². The van der Waals surface area contributed by atoms with Gasteiger partial charge in [-0.2, -0.15) is 0 Å². The van der Waals surface area contributed by atoms with Gasteiger partial charge in [0.2, 0.25) is 0 Å². The maximum absolute atomic E-state index is 13.1. The average Bonchev–Trinajstić information content (AvgIpc) is 2.27. The van der Waals surface area contributed by atoms with Gasteiger partial charge >= 0.3 is 0 Å². The molecule has 0 spiro atoms. The minimum Gasteiger partial charge on any atom is -0.312 e. The second kappa shape index (κ2) is 6.67. The van der Waals surface area contributed by atoms with Crippen molar-refractivity contribution in [3.63, 3.8) is 0 Å². The van der Waals surface area contributed by atoms with Crippen LogP contribution in [0.2, 0.25) is 0 Å². The predicted molar refractivity (Wildman–Crippen MR) is 79.3 cm³/mol. The summed E-state index contributed by atoms with van der Waals surface area (Å²) in [5.74, 6) is 0.425. The highest BCUT2D eigenvalue weighted by molar-refractivity contribution is 9.10. The summed E-state index contributed by atoms with van der Waals surface area (Å²) in [7, 11) is 0. The highest BCUT2D eigenvalue weighted by Gasteiger charge is 2.11. The molecule has 0 heterocycles. The molecule has 1 aromatic rings. The summed E-state index contributed by atoms with van der Waals surface area (Å²) in [6.07, 6.45) is 2.10. The van der Waals surface area contributed by atoms with Crippen LogP contribution in [0.4, 0.5) is 4.39 Å². The molecule has 0 saturated carbocycles. The molecule has 0 fully saturated rings. The van der Waals surface area contributed by atoms with Gasteiger partial charge in [-0.3, -0.25) is 0 Å². The summed E-state index contributed by atoms with van der Waals surface area (Å²) in [4.78, 5) is 0. The first-order valence-corrected chi connectivity index (χ1v) is 7.26. The second-order valence-electron chi connectivity index (χ2n) is 6.02. The lowest BCUT2D eigenvalue weighted by atomic mass is 9.99. The highest BCUT2D eigenvalue weighted by atomic mass is 79.9. The predicted octanol–water partition coefficient (Wildman–Crippen LogP) is 4.55. The summed E-state index contributed by atoms with van der Waals surface area (Å²) in [6.45, 7) is 9.80. The van der Waals surface area contributed by atoms with Crippen molar-refractivity contribution >= 4 is 15.9 Å². The first kappa shape index (κ1) is 15.6. The monoisotopic (exact) mass is 315 g/mol. The molecule has 3 heteroatoms. The van der Waals surface area contributed by atoms with Crippen LogP contribution in [0.15, 0.2) is 22.7 Å². The van der Waals surface area contributed by atoms with E-state index in [0.29, 0.717) is 10.4 Å². The minimum atomic E-state index is -0.193. The fraction of sp³-hybridized carbons (Fsp3) is 0.600. The molecule has 1 atom stereocenters. The van der Waals surface area contributed by atoms with Gasteiger partial charge in [0.25, 0.3) is 0 Å². The van der Waals surface area contributed by atoms with Gasteiger partial charge in [0.1, 0.15) is 5.82 Å². The third-order valence-electron chi connectivity index (χ3n) is 2.89. The molecule has 1 N–H and O–H groups in total. The lowest BCUT2D eigenvalue weighted by molar-refractivity contribution is 0.372. The molecule has 1 rings (SSSR count). The molecule has 0 aliphatic heterocycles. The van der Waals surface area contributed by atoms with Crippen LogP contribution in [-0.2, 0) is 6.42 Å². The van der Waals surface area contributed by atoms with Crippen LogP contribution < -0.4 is 5.32 Å². The lowest BCUT2D eigenvalue weighted by Gasteiger charge is -2.23. The fourth-order valence-corrected chi connectivity index (χ4v) is 2.12. The van der Waals surface area contributed by atoms with Gasteiger partial charge in [-0.25, -0.2) is 4.39 Å². The third kappa shape index (κ3) is 5.96. The summed E-state index contributed by atoms with van der Waals surface area (Å²) in [5, 5.41) is 3.51. The summed E-state index contributed by atoms with van der Waals surface area (Å²) < 4.78 is 13.6. The Bertz CT molecular complexity index is 385. The van der Waals surface area contributed by atoms with E-state index in [9.17, 15) is 4.39 Å². The molecule has 1 unspecified atom stereocenters. The standard InChI is InChI=1S/C15H23BrFN/c1-11(10-18-15(2,3)4)5-6-12-7-8-14(17)13(16)9-12/h7-9,11,18H,5-6,10H2,1-4H3. The number of hydrogen-bond donors (Lipinski definition) is 1. The normalized spacial score (nSPS) is 13.7. The Morgan fingerprint density at radius 3 is 2.56 bits per heavy atom. The van der Waals surface area contributed by atoms with Crippen LogP contribution >= 0.6 is 15.9 Å². The Morgan fingerprint density at radius 2 is 2.00 bits per heavy atom. The zero-order valence-electron chi connectivity index (χ0n) is 11.7. The quantitative estimate of drug-likeness (QED) is 0.840. The van der Waals surface area contributed by atoms with Crippen LogP contribution in [0.3, 0.4) is 0 Å². The molecule has 0 saturated heterocycles. The number of aryl methyl sites for hydroxylation is 1. The maximum atomic E-state index is 13.1. The molecule has 102 valence electrons. The van der Waals surface area contributed by atoms with Crippen LogP contribution in [0.1, 0.15) is 39.7 Å². The zero-order chi connectivity index (χ0) is 13.8. The van der Waals surface area contributed by atoms with Crippen molar-refractivity contribution in [2.75, 3.05) is 6.54 Å². The van der Waals surface area contributed by atoms with E-state index in [1.165, 1.54) is 11.6 Å². The number of rotatable bonds is 5. The van der Waals surface area contributed by atoms with E-state index in [1.54, 1.807) is 0 Å². The van der Waals surface area contributed by atoms with Crippen molar-refractivity contribution < 1.29 is 4.39 Å². The zero-order valence-corrected chi connectivity index (χ0v) is 13.3. The molecule has 0 aliphatic rings. The van der Waals surface area contributed by atoms with Crippen LogP contribution in [0, 0.1) is 11.7 Å². The smallest absolute Gasteiger partial charge is 0.137 e. The minimum absolute atomic E-state index is 0.174. The Kier molecular flexibility index (Phi) is 5.80. The van der Waals surface area contributed by atoms with Gasteiger partial charge in [-0.1, -0.05) is 13.0 Å². The summed E-state index contributed by atoms with van der Waals surface area (Å²) in [5.41, 5.74) is 1.36. The number of halogens is 2. The van der Waals surface area contributed by atoms with Gasteiger partial charge in [-0.05, 0) is 79.7 Å². The van der Waals surface area contributed by atoms with Crippen LogP contribution in [-0.4, -0.2) is 12.1 Å². The first-order valence-electron chi connectivity index (χ1n) is 6.47. The van der Waals surface area contributed by atoms with Crippen molar-refractivity contribution in [2.24, 2.45) is 5.92 Å². The van der Waals surface area contributed by atoms with Crippen LogP contribution in [0.5, 0.6) is 0 Å². The molecule has 0 bridgehead atoms. The van der Waals surface area contributed by atoms with E-state index < -0.39 is 0 Å². The molecule has 1 aromatic carbocycles. The Hall–Kier alpha value is -0.410. The first-order chi connectivity index (χ1) is 8.28. The van der Waals surface area contributed by atoms with Gasteiger partial charge in [-0.15, -0.1) is 0 Å². The number of nitrogens with one attached hydrogen (secondary N) is 1. The van der Waals surface area contributed by atoms with Gasteiger partial charge in [0.15, 0.2) is 0 Å². The Labute approximate surface area is 118 Å². The molecular formula is C15H23BrFN. The molecular weight excluding hydrogens is 293 g/mol. The van der Waals surface area contributed by atoms with Crippen molar-refractivity contribution in [1.82, 2.24) is 5.32 Å². The Balaban J connectivity index is 2.38. The maximum Gasteiger partial charge on any atom is 0.137 e. The van der Waals surface area contributed by atoms with E-state index in [-0.39, 0.29) is 11.4 Å². The number of benzene rings is 1. The summed E-state index contributed by atoms with van der Waals surface area (Å²) in [6, 6.07) is 5.26. The molecule has 0 aliphatic carbocycles. The second-order valence-corrected chi connectivity index (χ2v) is 6.88. The van der Waals surface area contributed by atoms with E-state index in [1.807, 2.05) is 12.1 Å². The SMILES string of the molecule is CC(CCc1ccc(F)c(Br)c1)CNC(C)(C)C. The fourth-order valence-electron chi connectivity index (χ4n) is 1.69. The third-order valence-corrected chi connectivity index (χ3v) is 3.50. The van der Waals surface area contributed by atoms with E-state index in [0.717, 1.165) is 19.4 Å². The van der Waals surface area contributed by atoms with Crippen molar-refractivity contribution in [2.45, 2.75) is 46.1 Å². The average molecular weight is 316 g/mol. The van der Waals surface area contributed by atoms with Crippen molar-refractivity contribution in [3.05, 3.63) is 34.1 Å². The molecule has 0 aromatic heterocycles. The molecule has 18 heavy (non-hydrogen) atoms. The summed E-state index contributed by atoms with van der Waals surface area (Å²) >= 11 is 3.22. The molecule has 0 radical (unpaired) electrons.